The molecule has 4 aromatic rings. The number of benzene rings is 2. The van der Waals surface area contributed by atoms with E-state index in [4.69, 9.17) is 17.0 Å². The predicted octanol–water partition coefficient (Wildman–Crippen LogP) is 8.66. The molecule has 1 aliphatic carbocycles. The van der Waals surface area contributed by atoms with Gasteiger partial charge < -0.3 is 4.57 Å². The quantitative estimate of drug-likeness (QED) is 0.242. The van der Waals surface area contributed by atoms with Crippen LogP contribution in [0.1, 0.15) is 31.9 Å². The summed E-state index contributed by atoms with van der Waals surface area (Å²) in [6.07, 6.45) is 11.1. The fourth-order valence-corrected chi connectivity index (χ4v) is 3.79. The summed E-state index contributed by atoms with van der Waals surface area (Å²) in [4.78, 5) is 0. The van der Waals surface area contributed by atoms with E-state index in [1.165, 1.54) is 51.5 Å². The maximum absolute atomic E-state index is 4.93. The van der Waals surface area contributed by atoms with Crippen molar-refractivity contribution < 1.29 is 20.8 Å². The molecule has 0 spiro atoms. The SMILES string of the molecule is CCCC1=[C-]CC=C1.Cc1cc2ccccc2n1-c1cc2ccccc2[cH-]1.[Cl][Zr+2][Cl]. The van der Waals surface area contributed by atoms with Gasteiger partial charge in [0.05, 0.1) is 5.52 Å². The number of rotatable bonds is 3. The van der Waals surface area contributed by atoms with Crippen LogP contribution in [-0.2, 0) is 20.8 Å². The Bertz CT molecular complexity index is 1120. The van der Waals surface area contributed by atoms with E-state index < -0.39 is 20.8 Å². The number of aryl methyl sites for hydroxylation is 1. The van der Waals surface area contributed by atoms with E-state index in [0.29, 0.717) is 0 Å². The Labute approximate surface area is 198 Å². The Balaban J connectivity index is 0.000000195. The average Bonchev–Trinajstić information content (AvgIpc) is 3.46. The van der Waals surface area contributed by atoms with Crippen molar-refractivity contribution in [3.05, 3.63) is 96.2 Å². The second-order valence-electron chi connectivity index (χ2n) is 7.15. The molecule has 0 fully saturated rings. The number of fused-ring (bicyclic) bond motifs is 2. The van der Waals surface area contributed by atoms with Gasteiger partial charge in [0.2, 0.25) is 0 Å². The fourth-order valence-electron chi connectivity index (χ4n) is 3.79. The van der Waals surface area contributed by atoms with Gasteiger partial charge in [0.25, 0.3) is 0 Å². The summed E-state index contributed by atoms with van der Waals surface area (Å²) in [5, 5.41) is 3.90. The number of hydrogen-bond acceptors (Lipinski definition) is 0. The van der Waals surface area contributed by atoms with E-state index in [1.54, 1.807) is 0 Å². The van der Waals surface area contributed by atoms with Crippen LogP contribution < -0.4 is 0 Å². The van der Waals surface area contributed by atoms with Crippen LogP contribution in [0.5, 0.6) is 0 Å². The second-order valence-corrected chi connectivity index (χ2v) is 10.9. The van der Waals surface area contributed by atoms with Crippen LogP contribution in [0.3, 0.4) is 0 Å². The minimum atomic E-state index is -0.826. The van der Waals surface area contributed by atoms with Crippen LogP contribution in [0.4, 0.5) is 0 Å². The molecule has 1 nitrogen and oxygen atoms in total. The Morgan fingerprint density at radius 3 is 2.40 bits per heavy atom. The number of para-hydroxylation sites is 1. The first-order valence-electron chi connectivity index (χ1n) is 10.1. The molecule has 4 heteroatoms. The number of allylic oxidation sites excluding steroid dienone is 4. The summed E-state index contributed by atoms with van der Waals surface area (Å²) in [7, 11) is 9.87. The van der Waals surface area contributed by atoms with Crippen molar-refractivity contribution in [2.45, 2.75) is 33.1 Å². The first kappa shape index (κ1) is 23.2. The Kier molecular flexibility index (Phi) is 9.12. The maximum atomic E-state index is 4.93. The molecule has 0 saturated heterocycles. The van der Waals surface area contributed by atoms with Crippen LogP contribution in [0, 0.1) is 13.0 Å². The van der Waals surface area contributed by atoms with Crippen LogP contribution in [-0.4, -0.2) is 4.57 Å². The average molecular weight is 514 g/mol. The van der Waals surface area contributed by atoms with Crippen molar-refractivity contribution in [1.82, 2.24) is 4.57 Å². The van der Waals surface area contributed by atoms with E-state index in [-0.39, 0.29) is 0 Å². The van der Waals surface area contributed by atoms with Crippen LogP contribution in [0.25, 0.3) is 27.4 Å². The third kappa shape index (κ3) is 5.82. The van der Waals surface area contributed by atoms with Gasteiger partial charge in [-0.2, -0.15) is 6.08 Å². The molecule has 0 atom stereocenters. The first-order valence-corrected chi connectivity index (χ1v) is 16.5. The van der Waals surface area contributed by atoms with Gasteiger partial charge in [-0.15, -0.1) is 47.5 Å². The zero-order valence-electron chi connectivity index (χ0n) is 17.3. The molecule has 3 aromatic carbocycles. The molecule has 0 radical (unpaired) electrons. The summed E-state index contributed by atoms with van der Waals surface area (Å²) in [6, 6.07) is 23.8. The molecule has 152 valence electrons. The number of aromatic nitrogens is 1. The van der Waals surface area contributed by atoms with Crippen molar-refractivity contribution in [1.29, 1.82) is 0 Å². The van der Waals surface area contributed by atoms with Crippen LogP contribution >= 0.6 is 17.0 Å². The van der Waals surface area contributed by atoms with Crippen molar-refractivity contribution in [3.63, 3.8) is 0 Å². The van der Waals surface area contributed by atoms with E-state index >= 15 is 0 Å². The minimum absolute atomic E-state index is 0.826. The Hall–Kier alpha value is -1.47. The molecule has 0 unspecified atom stereocenters. The third-order valence-corrected chi connectivity index (χ3v) is 5.04. The number of nitrogens with zero attached hydrogens (tertiary/aromatic N) is 1. The van der Waals surface area contributed by atoms with E-state index in [0.717, 1.165) is 6.42 Å². The molecule has 30 heavy (non-hydrogen) atoms. The zero-order valence-corrected chi connectivity index (χ0v) is 21.3. The molecule has 1 aliphatic rings. The summed E-state index contributed by atoms with van der Waals surface area (Å²) in [5.41, 5.74) is 5.19. The molecule has 0 aliphatic heterocycles. The Morgan fingerprint density at radius 2 is 1.73 bits per heavy atom. The van der Waals surface area contributed by atoms with E-state index in [1.807, 2.05) is 0 Å². The zero-order chi connectivity index (χ0) is 21.3. The number of halogens is 2. The predicted molar refractivity (Wildman–Crippen MR) is 128 cm³/mol. The molecule has 0 saturated carbocycles. The van der Waals surface area contributed by atoms with Gasteiger partial charge in [0.15, 0.2) is 0 Å². The Morgan fingerprint density at radius 1 is 1.03 bits per heavy atom. The molecule has 0 N–H and O–H groups in total. The summed E-state index contributed by atoms with van der Waals surface area (Å²) in [6.45, 7) is 4.36. The molecule has 5 rings (SSSR count). The van der Waals surface area contributed by atoms with Crippen LogP contribution in [0.2, 0.25) is 0 Å². The van der Waals surface area contributed by atoms with Gasteiger partial charge in [0.1, 0.15) is 0 Å². The van der Waals surface area contributed by atoms with E-state index in [2.05, 4.69) is 103 Å². The monoisotopic (exact) mass is 511 g/mol. The van der Waals surface area contributed by atoms with Gasteiger partial charge in [-0.3, -0.25) is 6.08 Å². The molecule has 1 aromatic heterocycles. The molecule has 0 amide bonds. The van der Waals surface area contributed by atoms with Gasteiger partial charge in [-0.1, -0.05) is 44.0 Å². The van der Waals surface area contributed by atoms with Gasteiger partial charge >= 0.3 is 37.9 Å². The summed E-state index contributed by atoms with van der Waals surface area (Å²) in [5.74, 6) is 0. The van der Waals surface area contributed by atoms with Crippen molar-refractivity contribution in [2.24, 2.45) is 0 Å². The van der Waals surface area contributed by atoms with Gasteiger partial charge in [0, 0.05) is 11.1 Å². The summed E-state index contributed by atoms with van der Waals surface area (Å²) < 4.78 is 2.33. The van der Waals surface area contributed by atoms with Crippen molar-refractivity contribution in [3.8, 4) is 5.69 Å². The van der Waals surface area contributed by atoms with Gasteiger partial charge in [-0.25, -0.2) is 11.6 Å². The number of hydrogen-bond donors (Lipinski definition) is 0. The molecule has 0 bridgehead atoms. The first-order chi connectivity index (χ1) is 14.7. The van der Waals surface area contributed by atoms with Crippen molar-refractivity contribution in [2.75, 3.05) is 0 Å². The van der Waals surface area contributed by atoms with Gasteiger partial charge in [-0.05, 0) is 24.7 Å². The molecule has 1 heterocycles. The summed E-state index contributed by atoms with van der Waals surface area (Å²) >= 11 is -0.826. The molecular formula is C26H25Cl2NZr. The fraction of sp³-hybridized carbons (Fsp3) is 0.192. The van der Waals surface area contributed by atoms with Crippen LogP contribution in [0.15, 0.2) is 84.5 Å². The standard InChI is InChI=1S/C18H14N.C8H11.2ClH.Zr/c1-13-10-16-8-4-5-9-18(16)19(13)17-11-14-6-2-3-7-15(14)12-17;1-2-5-8-6-3-4-7-8;;;/h2-12H,1H3;3,6H,2,4-5H2,1H3;2*1H;/q2*-1;;;+4/p-2. The topological polar surface area (TPSA) is 4.93 Å². The normalized spacial score (nSPS) is 12.1. The van der Waals surface area contributed by atoms with Crippen molar-refractivity contribution >= 4 is 38.7 Å². The third-order valence-electron chi connectivity index (χ3n) is 5.04. The van der Waals surface area contributed by atoms with E-state index in [9.17, 15) is 0 Å². The second kappa shape index (κ2) is 11.8. The molecular weight excluding hydrogens is 488 g/mol.